The van der Waals surface area contributed by atoms with E-state index >= 15 is 0 Å². The lowest BCUT2D eigenvalue weighted by atomic mass is 10.1. The summed E-state index contributed by atoms with van der Waals surface area (Å²) in [6.07, 6.45) is 0.0944. The van der Waals surface area contributed by atoms with Gasteiger partial charge >= 0.3 is 0 Å². The van der Waals surface area contributed by atoms with Crippen molar-refractivity contribution < 1.29 is 14.0 Å². The second kappa shape index (κ2) is 6.91. The summed E-state index contributed by atoms with van der Waals surface area (Å²) in [6.45, 7) is 0.265. The van der Waals surface area contributed by atoms with E-state index in [1.54, 1.807) is 17.0 Å². The second-order valence-electron chi connectivity index (χ2n) is 5.50. The number of amides is 2. The monoisotopic (exact) mass is 410 g/mol. The van der Waals surface area contributed by atoms with E-state index in [0.29, 0.717) is 0 Å². The summed E-state index contributed by atoms with van der Waals surface area (Å²) < 4.78 is 14.7. The summed E-state index contributed by atoms with van der Waals surface area (Å²) in [7, 11) is 0. The molecule has 1 fully saturated rings. The largest absolute Gasteiger partial charge is 0.323 e. The lowest BCUT2D eigenvalue weighted by Crippen LogP contribution is -2.28. The summed E-state index contributed by atoms with van der Waals surface area (Å²) in [6, 6.07) is 11.3. The van der Waals surface area contributed by atoms with Crippen LogP contribution in [0.3, 0.4) is 0 Å². The average molecular weight is 412 g/mol. The molecule has 0 bridgehead atoms. The fourth-order valence-corrected chi connectivity index (χ4v) is 3.00. The summed E-state index contributed by atoms with van der Waals surface area (Å²) in [5, 5.41) is 2.77. The number of nitrogens with one attached hydrogen (secondary N) is 1. The molecule has 0 radical (unpaired) electrons. The number of halogens is 3. The minimum Gasteiger partial charge on any atom is -0.323 e. The van der Waals surface area contributed by atoms with Crippen LogP contribution in [0, 0.1) is 11.7 Å². The van der Waals surface area contributed by atoms with Crippen molar-refractivity contribution in [2.24, 2.45) is 5.92 Å². The zero-order chi connectivity index (χ0) is 17.3. The molecule has 1 aliphatic heterocycles. The molecule has 1 atom stereocenters. The van der Waals surface area contributed by atoms with Gasteiger partial charge in [0.25, 0.3) is 0 Å². The molecular formula is C17H13BrClFN2O2. The van der Waals surface area contributed by atoms with Crippen molar-refractivity contribution in [3.63, 3.8) is 0 Å². The predicted molar refractivity (Wildman–Crippen MR) is 94.6 cm³/mol. The lowest BCUT2D eigenvalue weighted by Gasteiger charge is -2.17. The lowest BCUT2D eigenvalue weighted by molar-refractivity contribution is -0.122. The molecule has 0 aliphatic carbocycles. The first-order valence-electron chi connectivity index (χ1n) is 7.26. The van der Waals surface area contributed by atoms with Gasteiger partial charge < -0.3 is 10.2 Å². The molecule has 1 heterocycles. The normalized spacial score (nSPS) is 17.2. The fraction of sp³-hybridized carbons (Fsp3) is 0.176. The van der Waals surface area contributed by atoms with Crippen molar-refractivity contribution in [1.29, 1.82) is 0 Å². The van der Waals surface area contributed by atoms with Crippen LogP contribution in [0.1, 0.15) is 6.42 Å². The highest BCUT2D eigenvalue weighted by Crippen LogP contribution is 2.28. The molecule has 4 nitrogen and oxygen atoms in total. The Kier molecular flexibility index (Phi) is 4.87. The van der Waals surface area contributed by atoms with E-state index in [1.165, 1.54) is 12.1 Å². The molecule has 2 aromatic rings. The molecule has 0 unspecified atom stereocenters. The quantitative estimate of drug-likeness (QED) is 0.821. The maximum Gasteiger partial charge on any atom is 0.229 e. The highest BCUT2D eigenvalue weighted by molar-refractivity contribution is 9.10. The Morgan fingerprint density at radius 2 is 1.96 bits per heavy atom. The van der Waals surface area contributed by atoms with Gasteiger partial charge in [0.05, 0.1) is 11.6 Å². The summed E-state index contributed by atoms with van der Waals surface area (Å²) in [4.78, 5) is 26.1. The SMILES string of the molecule is O=C(Nc1ccc(Cl)cc1F)[C@H]1CC(=O)N(c2ccc(Br)cc2)C1. The van der Waals surface area contributed by atoms with E-state index in [0.717, 1.165) is 16.2 Å². The van der Waals surface area contributed by atoms with Crippen LogP contribution in [-0.2, 0) is 9.59 Å². The number of hydrogen-bond acceptors (Lipinski definition) is 2. The van der Waals surface area contributed by atoms with Gasteiger partial charge in [-0.15, -0.1) is 0 Å². The van der Waals surface area contributed by atoms with Crippen molar-refractivity contribution in [1.82, 2.24) is 0 Å². The van der Waals surface area contributed by atoms with Crippen molar-refractivity contribution in [2.75, 3.05) is 16.8 Å². The highest BCUT2D eigenvalue weighted by Gasteiger charge is 2.35. The van der Waals surface area contributed by atoms with Crippen LogP contribution < -0.4 is 10.2 Å². The third kappa shape index (κ3) is 3.60. The van der Waals surface area contributed by atoms with Gasteiger partial charge in [0.2, 0.25) is 11.8 Å². The Hall–Kier alpha value is -1.92. The molecule has 2 amide bonds. The molecule has 2 aromatic carbocycles. The molecule has 1 aliphatic rings. The minimum absolute atomic E-state index is 0.0546. The zero-order valence-electron chi connectivity index (χ0n) is 12.4. The number of rotatable bonds is 3. The molecule has 0 aromatic heterocycles. The van der Waals surface area contributed by atoms with Crippen LogP contribution in [0.25, 0.3) is 0 Å². The number of hydrogen-bond donors (Lipinski definition) is 1. The van der Waals surface area contributed by atoms with E-state index in [-0.39, 0.29) is 35.5 Å². The molecule has 3 rings (SSSR count). The molecule has 124 valence electrons. The van der Waals surface area contributed by atoms with Crippen molar-refractivity contribution in [2.45, 2.75) is 6.42 Å². The molecule has 7 heteroatoms. The fourth-order valence-electron chi connectivity index (χ4n) is 2.58. The average Bonchev–Trinajstić information content (AvgIpc) is 2.93. The number of nitrogens with zero attached hydrogens (tertiary/aromatic N) is 1. The summed E-state index contributed by atoms with van der Waals surface area (Å²) in [5.41, 5.74) is 0.787. The predicted octanol–water partition coefficient (Wildman–Crippen LogP) is 4.23. The zero-order valence-corrected chi connectivity index (χ0v) is 14.8. The van der Waals surface area contributed by atoms with E-state index in [1.807, 2.05) is 12.1 Å². The Balaban J connectivity index is 1.70. The van der Waals surface area contributed by atoms with Gasteiger partial charge in [-0.2, -0.15) is 0 Å². The van der Waals surface area contributed by atoms with Gasteiger partial charge in [-0.25, -0.2) is 4.39 Å². The maximum absolute atomic E-state index is 13.8. The molecular weight excluding hydrogens is 399 g/mol. The van der Waals surface area contributed by atoms with Crippen LogP contribution in [0.15, 0.2) is 46.9 Å². The van der Waals surface area contributed by atoms with Gasteiger partial charge in [-0.1, -0.05) is 27.5 Å². The second-order valence-corrected chi connectivity index (χ2v) is 6.85. The highest BCUT2D eigenvalue weighted by atomic mass is 79.9. The Morgan fingerprint density at radius 1 is 1.25 bits per heavy atom. The number of anilines is 2. The van der Waals surface area contributed by atoms with Crippen molar-refractivity contribution in [3.8, 4) is 0 Å². The van der Waals surface area contributed by atoms with Gasteiger partial charge in [0, 0.05) is 28.1 Å². The van der Waals surface area contributed by atoms with Crippen LogP contribution in [0.5, 0.6) is 0 Å². The van der Waals surface area contributed by atoms with Gasteiger partial charge in [-0.3, -0.25) is 9.59 Å². The van der Waals surface area contributed by atoms with Gasteiger partial charge in [-0.05, 0) is 42.5 Å². The van der Waals surface area contributed by atoms with E-state index in [2.05, 4.69) is 21.2 Å². The number of carbonyl (C=O) groups is 2. The first-order valence-corrected chi connectivity index (χ1v) is 8.43. The topological polar surface area (TPSA) is 49.4 Å². The third-order valence-corrected chi connectivity index (χ3v) is 4.59. The first-order chi connectivity index (χ1) is 11.4. The summed E-state index contributed by atoms with van der Waals surface area (Å²) >= 11 is 9.03. The van der Waals surface area contributed by atoms with Gasteiger partial charge in [0.1, 0.15) is 5.82 Å². The molecule has 0 saturated carbocycles. The smallest absolute Gasteiger partial charge is 0.229 e. The standard InChI is InChI=1S/C17H13BrClFN2O2/c18-11-1-4-13(5-2-11)22-9-10(7-16(22)23)17(24)21-15-6-3-12(19)8-14(15)20/h1-6,8,10H,7,9H2,(H,21,24)/t10-/m0/s1. The molecule has 1 saturated heterocycles. The molecule has 24 heavy (non-hydrogen) atoms. The molecule has 1 N–H and O–H groups in total. The van der Waals surface area contributed by atoms with E-state index < -0.39 is 11.7 Å². The Bertz CT molecular complexity index is 798. The van der Waals surface area contributed by atoms with Crippen LogP contribution in [0.4, 0.5) is 15.8 Å². The third-order valence-electron chi connectivity index (χ3n) is 3.82. The van der Waals surface area contributed by atoms with Crippen molar-refractivity contribution >= 4 is 50.7 Å². The van der Waals surface area contributed by atoms with Gasteiger partial charge in [0.15, 0.2) is 0 Å². The molecule has 0 spiro atoms. The first kappa shape index (κ1) is 16.9. The van der Waals surface area contributed by atoms with Crippen LogP contribution in [-0.4, -0.2) is 18.4 Å². The summed E-state index contributed by atoms with van der Waals surface area (Å²) in [5.74, 6) is -1.65. The van der Waals surface area contributed by atoms with Crippen molar-refractivity contribution in [3.05, 3.63) is 57.8 Å². The maximum atomic E-state index is 13.8. The minimum atomic E-state index is -0.607. The van der Waals surface area contributed by atoms with Crippen LogP contribution in [0.2, 0.25) is 5.02 Å². The van der Waals surface area contributed by atoms with Crippen LogP contribution >= 0.6 is 27.5 Å². The number of carbonyl (C=O) groups excluding carboxylic acids is 2. The van der Waals surface area contributed by atoms with E-state index in [9.17, 15) is 14.0 Å². The van der Waals surface area contributed by atoms with E-state index in [4.69, 9.17) is 11.6 Å². The number of benzene rings is 2. The Labute approximate surface area is 151 Å². The Morgan fingerprint density at radius 3 is 2.62 bits per heavy atom.